The minimum Gasteiger partial charge on any atom is -0.320 e. The number of aromatic nitrogens is 2. The molecule has 0 unspecified atom stereocenters. The number of para-hydroxylation sites is 1. The molecule has 1 aromatic carbocycles. The van der Waals surface area contributed by atoms with E-state index in [1.54, 1.807) is 23.6 Å². The largest absolute Gasteiger partial charge is 0.320 e. The van der Waals surface area contributed by atoms with Gasteiger partial charge in [-0.05, 0) is 43.2 Å². The van der Waals surface area contributed by atoms with Gasteiger partial charge in [-0.1, -0.05) is 39.0 Å². The van der Waals surface area contributed by atoms with Crippen LogP contribution in [-0.2, 0) is 12.0 Å². The summed E-state index contributed by atoms with van der Waals surface area (Å²) in [4.78, 5) is 24.1. The van der Waals surface area contributed by atoms with E-state index in [1.807, 2.05) is 24.3 Å². The quantitative estimate of drug-likeness (QED) is 0.653. The number of hydrogen-bond donors (Lipinski definition) is 0. The van der Waals surface area contributed by atoms with Gasteiger partial charge in [0, 0.05) is 28.7 Å². The lowest BCUT2D eigenvalue weighted by Gasteiger charge is -2.17. The van der Waals surface area contributed by atoms with Crippen LogP contribution in [0.2, 0.25) is 0 Å². The molecule has 4 nitrogen and oxygen atoms in total. The third-order valence-corrected chi connectivity index (χ3v) is 6.66. The molecule has 0 N–H and O–H groups in total. The van der Waals surface area contributed by atoms with Gasteiger partial charge in [-0.3, -0.25) is 9.78 Å². The van der Waals surface area contributed by atoms with Crippen LogP contribution in [0.4, 0.5) is 0 Å². The fourth-order valence-corrected chi connectivity index (χ4v) is 4.67. The monoisotopic (exact) mass is 379 g/mol. The molecule has 140 valence electrons. The Balaban J connectivity index is 1.84. The zero-order valence-corrected chi connectivity index (χ0v) is 17.1. The molecule has 5 heteroatoms. The Kier molecular flexibility index (Phi) is 4.50. The second kappa shape index (κ2) is 6.71. The van der Waals surface area contributed by atoms with E-state index in [0.717, 1.165) is 28.2 Å². The molecule has 1 saturated carbocycles. The van der Waals surface area contributed by atoms with Crippen molar-refractivity contribution >= 4 is 28.1 Å². The van der Waals surface area contributed by atoms with Crippen LogP contribution in [0, 0.1) is 12.8 Å². The topological polar surface area (TPSA) is 47.2 Å². The highest BCUT2D eigenvalue weighted by molar-refractivity contribution is 7.09. The summed E-state index contributed by atoms with van der Waals surface area (Å²) in [5, 5.41) is 0.854. The predicted molar refractivity (Wildman–Crippen MR) is 110 cm³/mol. The van der Waals surface area contributed by atoms with E-state index in [1.165, 1.54) is 23.4 Å². The molecule has 1 fully saturated rings. The smallest absolute Gasteiger partial charge is 0.280 e. The van der Waals surface area contributed by atoms with E-state index < -0.39 is 0 Å². The number of amides is 1. The molecule has 3 aromatic rings. The van der Waals surface area contributed by atoms with Crippen molar-refractivity contribution in [2.45, 2.75) is 52.5 Å². The fraction of sp³-hybridized carbons (Fsp3) is 0.409. The summed E-state index contributed by atoms with van der Waals surface area (Å²) in [7, 11) is 0. The number of hydrogen-bond acceptors (Lipinski definition) is 3. The van der Waals surface area contributed by atoms with Crippen molar-refractivity contribution < 1.29 is 4.79 Å². The first-order chi connectivity index (χ1) is 12.8. The molecule has 0 radical (unpaired) electrons. The van der Waals surface area contributed by atoms with Gasteiger partial charge in [-0.2, -0.15) is 4.99 Å². The highest BCUT2D eigenvalue weighted by atomic mass is 32.1. The SMILES string of the molecule is Cc1c(C(C)(C)C)s/c(=N\C(=O)c2ccnc3ccccc23)n1CC1CC1. The van der Waals surface area contributed by atoms with Gasteiger partial charge in [-0.25, -0.2) is 0 Å². The standard InChI is InChI=1S/C22H25N3OS/c1-14-19(22(2,3)4)27-21(25(14)13-15-9-10-15)24-20(26)17-11-12-23-18-8-6-5-7-16(17)18/h5-8,11-12,15H,9-10,13H2,1-4H3/b24-21-. The summed E-state index contributed by atoms with van der Waals surface area (Å²) in [6.07, 6.45) is 4.23. The number of thiazole rings is 1. The number of benzene rings is 1. The van der Waals surface area contributed by atoms with E-state index in [0.29, 0.717) is 5.56 Å². The molecule has 0 spiro atoms. The fourth-order valence-electron chi connectivity index (χ4n) is 3.47. The summed E-state index contributed by atoms with van der Waals surface area (Å²) < 4.78 is 2.25. The third-order valence-electron chi connectivity index (χ3n) is 5.05. The van der Waals surface area contributed by atoms with Crippen molar-refractivity contribution in [3.05, 3.63) is 57.5 Å². The van der Waals surface area contributed by atoms with Crippen molar-refractivity contribution in [2.24, 2.45) is 10.9 Å². The first-order valence-corrected chi connectivity index (χ1v) is 10.3. The highest BCUT2D eigenvalue weighted by Crippen LogP contribution is 2.33. The van der Waals surface area contributed by atoms with Gasteiger partial charge in [0.05, 0.1) is 11.1 Å². The molecule has 0 aliphatic heterocycles. The Bertz CT molecular complexity index is 1080. The van der Waals surface area contributed by atoms with Crippen molar-refractivity contribution in [3.8, 4) is 0 Å². The highest BCUT2D eigenvalue weighted by Gasteiger charge is 2.27. The van der Waals surface area contributed by atoms with Gasteiger partial charge in [0.15, 0.2) is 4.80 Å². The lowest BCUT2D eigenvalue weighted by molar-refractivity contribution is 0.0999. The minimum atomic E-state index is -0.195. The van der Waals surface area contributed by atoms with E-state index in [2.05, 4.69) is 42.2 Å². The molecule has 1 aliphatic carbocycles. The molecule has 1 amide bonds. The van der Waals surface area contributed by atoms with Gasteiger partial charge in [0.25, 0.3) is 5.91 Å². The van der Waals surface area contributed by atoms with Gasteiger partial charge in [0.1, 0.15) is 0 Å². The molecule has 4 rings (SSSR count). The maximum atomic E-state index is 13.1. The minimum absolute atomic E-state index is 0.0419. The lowest BCUT2D eigenvalue weighted by atomic mass is 9.93. The van der Waals surface area contributed by atoms with E-state index >= 15 is 0 Å². The van der Waals surface area contributed by atoms with Crippen LogP contribution in [0.3, 0.4) is 0 Å². The first-order valence-electron chi connectivity index (χ1n) is 9.48. The van der Waals surface area contributed by atoms with Crippen molar-refractivity contribution in [3.63, 3.8) is 0 Å². The van der Waals surface area contributed by atoms with Gasteiger partial charge < -0.3 is 4.57 Å². The van der Waals surface area contributed by atoms with Crippen LogP contribution in [0.25, 0.3) is 10.9 Å². The molecule has 2 aromatic heterocycles. The maximum absolute atomic E-state index is 13.1. The van der Waals surface area contributed by atoms with Crippen LogP contribution in [0.5, 0.6) is 0 Å². The molecule has 0 saturated heterocycles. The number of fused-ring (bicyclic) bond motifs is 1. The number of pyridine rings is 1. The van der Waals surface area contributed by atoms with Gasteiger partial charge >= 0.3 is 0 Å². The predicted octanol–water partition coefficient (Wildman–Crippen LogP) is 4.85. The van der Waals surface area contributed by atoms with Crippen LogP contribution in [0.1, 0.15) is 54.5 Å². The van der Waals surface area contributed by atoms with Crippen molar-refractivity contribution in [1.82, 2.24) is 9.55 Å². The Morgan fingerprint density at radius 2 is 2.00 bits per heavy atom. The zero-order valence-electron chi connectivity index (χ0n) is 16.3. The molecular formula is C22H25N3OS. The first kappa shape index (κ1) is 18.1. The molecule has 0 atom stereocenters. The maximum Gasteiger partial charge on any atom is 0.280 e. The van der Waals surface area contributed by atoms with Crippen molar-refractivity contribution in [2.75, 3.05) is 0 Å². The zero-order chi connectivity index (χ0) is 19.2. The molecule has 27 heavy (non-hydrogen) atoms. The van der Waals surface area contributed by atoms with Crippen LogP contribution in [0.15, 0.2) is 41.5 Å². The summed E-state index contributed by atoms with van der Waals surface area (Å²) in [5.41, 5.74) is 2.72. The number of nitrogens with zero attached hydrogens (tertiary/aromatic N) is 3. The van der Waals surface area contributed by atoms with Crippen molar-refractivity contribution in [1.29, 1.82) is 0 Å². The second-order valence-electron chi connectivity index (χ2n) is 8.40. The number of rotatable bonds is 3. The summed E-state index contributed by atoms with van der Waals surface area (Å²) in [5.74, 6) is 0.529. The molecule has 0 bridgehead atoms. The second-order valence-corrected chi connectivity index (χ2v) is 9.37. The Morgan fingerprint density at radius 3 is 2.70 bits per heavy atom. The average Bonchev–Trinajstić information content (AvgIpc) is 3.39. The van der Waals surface area contributed by atoms with E-state index in [-0.39, 0.29) is 11.3 Å². The number of carbonyl (C=O) groups excluding carboxylic acids is 1. The Labute approximate surface area is 163 Å². The number of carbonyl (C=O) groups is 1. The van der Waals surface area contributed by atoms with Crippen LogP contribution >= 0.6 is 11.3 Å². The molecular weight excluding hydrogens is 354 g/mol. The summed E-state index contributed by atoms with van der Waals surface area (Å²) in [6.45, 7) is 9.77. The summed E-state index contributed by atoms with van der Waals surface area (Å²) in [6, 6.07) is 9.49. The van der Waals surface area contributed by atoms with E-state index in [9.17, 15) is 4.79 Å². The summed E-state index contributed by atoms with van der Waals surface area (Å²) >= 11 is 1.65. The normalized spacial score (nSPS) is 15.5. The Hall–Kier alpha value is -2.27. The van der Waals surface area contributed by atoms with Crippen LogP contribution in [-0.4, -0.2) is 15.5 Å². The molecule has 2 heterocycles. The average molecular weight is 380 g/mol. The lowest BCUT2D eigenvalue weighted by Crippen LogP contribution is -2.20. The van der Waals surface area contributed by atoms with Gasteiger partial charge in [-0.15, -0.1) is 11.3 Å². The Morgan fingerprint density at radius 1 is 1.26 bits per heavy atom. The van der Waals surface area contributed by atoms with Gasteiger partial charge in [0.2, 0.25) is 0 Å². The van der Waals surface area contributed by atoms with Crippen LogP contribution < -0.4 is 4.80 Å². The van der Waals surface area contributed by atoms with E-state index in [4.69, 9.17) is 0 Å². The molecule has 1 aliphatic rings. The third kappa shape index (κ3) is 3.61.